The van der Waals surface area contributed by atoms with Crippen LogP contribution in [0.3, 0.4) is 0 Å². The van der Waals surface area contributed by atoms with E-state index in [0.717, 1.165) is 0 Å². The lowest BCUT2D eigenvalue weighted by molar-refractivity contribution is 0.0815. The van der Waals surface area contributed by atoms with Crippen LogP contribution in [0.15, 0.2) is 18.2 Å². The molecule has 1 aromatic carbocycles. The van der Waals surface area contributed by atoms with Crippen LogP contribution in [-0.4, -0.2) is 13.0 Å². The molecule has 14 heavy (non-hydrogen) atoms. The number of ether oxygens (including phenoxy) is 1. The minimum Gasteiger partial charge on any atom is -0.487 e. The lowest BCUT2D eigenvalue weighted by Gasteiger charge is -2.09. The van der Waals surface area contributed by atoms with E-state index in [9.17, 15) is 8.78 Å². The zero-order valence-electron chi connectivity index (χ0n) is 7.14. The fraction of sp³-hybridized carbons (Fsp3) is 0.333. The van der Waals surface area contributed by atoms with Gasteiger partial charge in [-0.25, -0.2) is 8.78 Å². The number of rotatable bonds is 4. The van der Waals surface area contributed by atoms with Gasteiger partial charge in [0.1, 0.15) is 12.4 Å². The van der Waals surface area contributed by atoms with Crippen molar-refractivity contribution in [2.24, 2.45) is 0 Å². The smallest absolute Gasteiger partial charge is 0.272 e. The average molecular weight is 241 g/mol. The molecule has 0 saturated heterocycles. The molecule has 0 radical (unpaired) electrons. The van der Waals surface area contributed by atoms with Gasteiger partial charge in [0.2, 0.25) is 0 Å². The van der Waals surface area contributed by atoms with Crippen molar-refractivity contribution in [2.75, 3.05) is 6.61 Å². The van der Waals surface area contributed by atoms with E-state index in [1.165, 1.54) is 6.07 Å². The first-order valence-electron chi connectivity index (χ1n) is 3.89. The summed E-state index contributed by atoms with van der Waals surface area (Å²) in [5, 5.41) is 0.505. The maximum Gasteiger partial charge on any atom is 0.272 e. The van der Waals surface area contributed by atoms with Gasteiger partial charge in [0.25, 0.3) is 6.43 Å². The van der Waals surface area contributed by atoms with E-state index < -0.39 is 13.0 Å². The molecule has 0 aliphatic rings. The lowest BCUT2D eigenvalue weighted by atomic mass is 10.2. The van der Waals surface area contributed by atoms with E-state index in [1.54, 1.807) is 12.1 Å². The van der Waals surface area contributed by atoms with Crippen LogP contribution in [0.2, 0.25) is 5.02 Å². The normalized spacial score (nSPS) is 10.6. The molecule has 5 heteroatoms. The predicted molar refractivity (Wildman–Crippen MR) is 52.5 cm³/mol. The van der Waals surface area contributed by atoms with E-state index in [-0.39, 0.29) is 5.88 Å². The molecule has 1 rings (SSSR count). The van der Waals surface area contributed by atoms with Crippen LogP contribution in [0, 0.1) is 0 Å². The molecule has 0 N–H and O–H groups in total. The van der Waals surface area contributed by atoms with Gasteiger partial charge in [-0.2, -0.15) is 0 Å². The molecule has 0 spiro atoms. The van der Waals surface area contributed by atoms with Gasteiger partial charge in [0.15, 0.2) is 0 Å². The third-order valence-corrected chi connectivity index (χ3v) is 2.05. The van der Waals surface area contributed by atoms with Crippen LogP contribution in [0.5, 0.6) is 5.75 Å². The highest BCUT2D eigenvalue weighted by molar-refractivity contribution is 6.30. The number of halogens is 4. The van der Waals surface area contributed by atoms with Crippen LogP contribution in [0.1, 0.15) is 5.56 Å². The van der Waals surface area contributed by atoms with E-state index in [1.807, 2.05) is 0 Å². The van der Waals surface area contributed by atoms with Gasteiger partial charge in [-0.15, -0.1) is 11.6 Å². The Kier molecular flexibility index (Phi) is 4.42. The molecule has 1 nitrogen and oxygen atoms in total. The molecule has 0 aromatic heterocycles. The van der Waals surface area contributed by atoms with Crippen LogP contribution in [0.4, 0.5) is 8.78 Å². The van der Waals surface area contributed by atoms with Gasteiger partial charge in [-0.05, 0) is 18.2 Å². The summed E-state index contributed by atoms with van der Waals surface area (Å²) in [7, 11) is 0. The Morgan fingerprint density at radius 1 is 1.36 bits per heavy atom. The third kappa shape index (κ3) is 3.31. The zero-order chi connectivity index (χ0) is 10.6. The number of benzene rings is 1. The maximum absolute atomic E-state index is 11.9. The summed E-state index contributed by atoms with van der Waals surface area (Å²) in [6.07, 6.45) is -2.49. The van der Waals surface area contributed by atoms with Gasteiger partial charge in [0, 0.05) is 10.6 Å². The SMILES string of the molecule is FC(F)COc1ccc(Cl)cc1CCl. The highest BCUT2D eigenvalue weighted by Crippen LogP contribution is 2.24. The second-order valence-corrected chi connectivity index (χ2v) is 3.29. The molecule has 0 heterocycles. The number of hydrogen-bond donors (Lipinski definition) is 0. The first-order chi connectivity index (χ1) is 6.63. The second kappa shape index (κ2) is 5.37. The second-order valence-electron chi connectivity index (χ2n) is 2.59. The molecule has 78 valence electrons. The van der Waals surface area contributed by atoms with E-state index >= 15 is 0 Å². The minimum absolute atomic E-state index is 0.180. The molecular formula is C9H8Cl2F2O. The molecule has 0 aliphatic carbocycles. The Labute approximate surface area is 90.6 Å². The topological polar surface area (TPSA) is 9.23 Å². The summed E-state index contributed by atoms with van der Waals surface area (Å²) in [5.41, 5.74) is 0.611. The van der Waals surface area contributed by atoms with Crippen molar-refractivity contribution in [3.05, 3.63) is 28.8 Å². The Hall–Kier alpha value is -0.540. The Bertz CT molecular complexity index is 305. The van der Waals surface area contributed by atoms with Crippen molar-refractivity contribution >= 4 is 23.2 Å². The van der Waals surface area contributed by atoms with Crippen LogP contribution in [0.25, 0.3) is 0 Å². The summed E-state index contributed by atoms with van der Waals surface area (Å²) in [4.78, 5) is 0. The summed E-state index contributed by atoms with van der Waals surface area (Å²) in [6, 6.07) is 4.69. The Balaban J connectivity index is 2.75. The van der Waals surface area contributed by atoms with Crippen molar-refractivity contribution in [3.63, 3.8) is 0 Å². The van der Waals surface area contributed by atoms with Crippen LogP contribution < -0.4 is 4.74 Å². The van der Waals surface area contributed by atoms with Gasteiger partial charge in [-0.3, -0.25) is 0 Å². The quantitative estimate of drug-likeness (QED) is 0.730. The maximum atomic E-state index is 11.9. The highest BCUT2D eigenvalue weighted by Gasteiger charge is 2.07. The fourth-order valence-electron chi connectivity index (χ4n) is 0.946. The Morgan fingerprint density at radius 2 is 2.07 bits per heavy atom. The number of alkyl halides is 3. The standard InChI is InChI=1S/C9H8Cl2F2O/c10-4-6-3-7(11)1-2-8(6)14-5-9(12)13/h1-3,9H,4-5H2. The molecule has 0 atom stereocenters. The number of hydrogen-bond acceptors (Lipinski definition) is 1. The van der Waals surface area contributed by atoms with Crippen molar-refractivity contribution in [1.29, 1.82) is 0 Å². The van der Waals surface area contributed by atoms with Crippen molar-refractivity contribution in [2.45, 2.75) is 12.3 Å². The van der Waals surface area contributed by atoms with E-state index in [4.69, 9.17) is 27.9 Å². The molecule has 0 unspecified atom stereocenters. The average Bonchev–Trinajstić information content (AvgIpc) is 2.15. The molecular weight excluding hydrogens is 233 g/mol. The van der Waals surface area contributed by atoms with Gasteiger partial charge >= 0.3 is 0 Å². The lowest BCUT2D eigenvalue weighted by Crippen LogP contribution is -2.08. The van der Waals surface area contributed by atoms with E-state index in [0.29, 0.717) is 16.3 Å². The summed E-state index contributed by atoms with van der Waals surface area (Å²) >= 11 is 11.3. The van der Waals surface area contributed by atoms with Crippen molar-refractivity contribution in [3.8, 4) is 5.75 Å². The first kappa shape index (κ1) is 11.5. The first-order valence-corrected chi connectivity index (χ1v) is 4.80. The van der Waals surface area contributed by atoms with Crippen molar-refractivity contribution in [1.82, 2.24) is 0 Å². The molecule has 1 aromatic rings. The molecule has 0 bridgehead atoms. The van der Waals surface area contributed by atoms with Gasteiger partial charge < -0.3 is 4.74 Å². The molecule has 0 aliphatic heterocycles. The molecule has 0 amide bonds. The summed E-state index contributed by atoms with van der Waals surface area (Å²) in [6.45, 7) is -0.633. The van der Waals surface area contributed by atoms with Gasteiger partial charge in [-0.1, -0.05) is 11.6 Å². The minimum atomic E-state index is -2.49. The highest BCUT2D eigenvalue weighted by atomic mass is 35.5. The van der Waals surface area contributed by atoms with Crippen LogP contribution in [-0.2, 0) is 5.88 Å². The predicted octanol–water partition coefficient (Wildman–Crippen LogP) is 3.72. The third-order valence-electron chi connectivity index (χ3n) is 1.53. The summed E-state index contributed by atoms with van der Waals surface area (Å²) < 4.78 is 28.6. The molecule has 0 saturated carbocycles. The van der Waals surface area contributed by atoms with E-state index in [2.05, 4.69) is 0 Å². The van der Waals surface area contributed by atoms with Crippen molar-refractivity contribution < 1.29 is 13.5 Å². The Morgan fingerprint density at radius 3 is 2.64 bits per heavy atom. The van der Waals surface area contributed by atoms with Gasteiger partial charge in [0.05, 0.1) is 5.88 Å². The largest absolute Gasteiger partial charge is 0.487 e. The molecule has 0 fully saturated rings. The summed E-state index contributed by atoms with van der Waals surface area (Å²) in [5.74, 6) is 0.531. The fourth-order valence-corrected chi connectivity index (χ4v) is 1.35. The van der Waals surface area contributed by atoms with Crippen LogP contribution >= 0.6 is 23.2 Å². The monoisotopic (exact) mass is 240 g/mol. The zero-order valence-corrected chi connectivity index (χ0v) is 8.66.